The number of nitrogens with one attached hydrogen (secondary N) is 1. The lowest BCUT2D eigenvalue weighted by Crippen LogP contribution is -2.52. The van der Waals surface area contributed by atoms with E-state index in [4.69, 9.17) is 0 Å². The SMILES string of the molecule is Cl.O=C1Nc2ccccc2C(c2ccccc2)N1C1CCN(CC2CCCCC2)CC1. The van der Waals surface area contributed by atoms with Crippen molar-refractivity contribution >= 4 is 24.1 Å². The van der Waals surface area contributed by atoms with E-state index in [1.165, 1.54) is 49.8 Å². The van der Waals surface area contributed by atoms with E-state index in [2.05, 4.69) is 51.5 Å². The van der Waals surface area contributed by atoms with Crippen molar-refractivity contribution in [3.05, 3.63) is 65.7 Å². The number of benzene rings is 2. The minimum atomic E-state index is -0.00829. The molecule has 1 aliphatic carbocycles. The summed E-state index contributed by atoms with van der Waals surface area (Å²) in [5, 5.41) is 3.16. The first-order chi connectivity index (χ1) is 14.8. The van der Waals surface area contributed by atoms with Gasteiger partial charge in [-0.1, -0.05) is 67.8 Å². The van der Waals surface area contributed by atoms with Gasteiger partial charge in [-0.2, -0.15) is 0 Å². The molecule has 31 heavy (non-hydrogen) atoms. The first kappa shape index (κ1) is 22.2. The van der Waals surface area contributed by atoms with Crippen LogP contribution in [0.15, 0.2) is 54.6 Å². The predicted molar refractivity (Wildman–Crippen MR) is 129 cm³/mol. The molecule has 1 saturated heterocycles. The number of hydrogen-bond acceptors (Lipinski definition) is 2. The minimum Gasteiger partial charge on any atom is -0.310 e. The van der Waals surface area contributed by atoms with Crippen LogP contribution in [-0.2, 0) is 0 Å². The summed E-state index contributed by atoms with van der Waals surface area (Å²) in [6, 6.07) is 19.1. The van der Waals surface area contributed by atoms with Gasteiger partial charge in [0.25, 0.3) is 0 Å². The maximum Gasteiger partial charge on any atom is 0.322 e. The van der Waals surface area contributed by atoms with Crippen molar-refractivity contribution in [2.75, 3.05) is 25.0 Å². The number of anilines is 1. The van der Waals surface area contributed by atoms with Gasteiger partial charge in [-0.05, 0) is 43.2 Å². The number of carbonyl (C=O) groups excluding carboxylic acids is 1. The molecule has 0 aromatic heterocycles. The number of halogens is 1. The fraction of sp³-hybridized carbons (Fsp3) is 0.500. The second kappa shape index (κ2) is 10.1. The van der Waals surface area contributed by atoms with Crippen LogP contribution in [0.3, 0.4) is 0 Å². The highest BCUT2D eigenvalue weighted by atomic mass is 35.5. The summed E-state index contributed by atoms with van der Waals surface area (Å²) in [7, 11) is 0. The highest BCUT2D eigenvalue weighted by molar-refractivity contribution is 5.93. The third kappa shape index (κ3) is 4.75. The number of fused-ring (bicyclic) bond motifs is 1. The van der Waals surface area contributed by atoms with E-state index in [1.807, 2.05) is 18.2 Å². The second-order valence-corrected chi connectivity index (χ2v) is 9.27. The van der Waals surface area contributed by atoms with Crippen molar-refractivity contribution in [1.82, 2.24) is 9.80 Å². The van der Waals surface area contributed by atoms with E-state index >= 15 is 0 Å². The van der Waals surface area contributed by atoms with Crippen LogP contribution < -0.4 is 5.32 Å². The van der Waals surface area contributed by atoms with Crippen LogP contribution in [0, 0.1) is 5.92 Å². The molecule has 1 atom stereocenters. The van der Waals surface area contributed by atoms with Crippen LogP contribution in [0.5, 0.6) is 0 Å². The largest absolute Gasteiger partial charge is 0.322 e. The van der Waals surface area contributed by atoms with Gasteiger partial charge in [0.1, 0.15) is 0 Å². The van der Waals surface area contributed by atoms with E-state index < -0.39 is 0 Å². The monoisotopic (exact) mass is 439 g/mol. The van der Waals surface area contributed by atoms with Crippen LogP contribution in [0.4, 0.5) is 10.5 Å². The number of para-hydroxylation sites is 1. The number of likely N-dealkylation sites (tertiary alicyclic amines) is 1. The zero-order valence-corrected chi connectivity index (χ0v) is 19.0. The maximum absolute atomic E-state index is 13.2. The summed E-state index contributed by atoms with van der Waals surface area (Å²) < 4.78 is 0. The van der Waals surface area contributed by atoms with Crippen molar-refractivity contribution in [3.8, 4) is 0 Å². The Hall–Kier alpha value is -2.04. The number of nitrogens with zero attached hydrogens (tertiary/aromatic N) is 2. The quantitative estimate of drug-likeness (QED) is 0.625. The zero-order chi connectivity index (χ0) is 20.3. The van der Waals surface area contributed by atoms with Gasteiger partial charge in [0.15, 0.2) is 0 Å². The van der Waals surface area contributed by atoms with E-state index in [-0.39, 0.29) is 30.5 Å². The predicted octanol–water partition coefficient (Wildman–Crippen LogP) is 6.09. The molecule has 0 radical (unpaired) electrons. The van der Waals surface area contributed by atoms with E-state index in [0.717, 1.165) is 37.5 Å². The smallest absolute Gasteiger partial charge is 0.310 e. The van der Waals surface area contributed by atoms with E-state index in [1.54, 1.807) is 0 Å². The molecule has 2 heterocycles. The average molecular weight is 440 g/mol. The van der Waals surface area contributed by atoms with Crippen molar-refractivity contribution in [2.24, 2.45) is 5.92 Å². The molecule has 0 bridgehead atoms. The topological polar surface area (TPSA) is 35.6 Å². The van der Waals surface area contributed by atoms with Crippen LogP contribution in [-0.4, -0.2) is 41.5 Å². The number of carbonyl (C=O) groups is 1. The molecule has 1 N–H and O–H groups in total. The van der Waals surface area contributed by atoms with Gasteiger partial charge >= 0.3 is 6.03 Å². The van der Waals surface area contributed by atoms with Gasteiger partial charge in [-0.15, -0.1) is 12.4 Å². The Balaban J connectivity index is 0.00000231. The normalized spacial score (nSPS) is 23.0. The van der Waals surface area contributed by atoms with Crippen LogP contribution in [0.2, 0.25) is 0 Å². The summed E-state index contributed by atoms with van der Waals surface area (Å²) in [5.74, 6) is 0.887. The molecule has 1 unspecified atom stereocenters. The Kier molecular flexibility index (Phi) is 7.19. The average Bonchev–Trinajstić information content (AvgIpc) is 2.80. The number of hydrogen-bond donors (Lipinski definition) is 1. The maximum atomic E-state index is 13.2. The second-order valence-electron chi connectivity index (χ2n) is 9.27. The Labute approximate surface area is 192 Å². The van der Waals surface area contributed by atoms with Gasteiger partial charge in [-0.3, -0.25) is 0 Å². The Bertz CT molecular complexity index is 860. The molecule has 4 nitrogen and oxygen atoms in total. The summed E-state index contributed by atoms with van der Waals surface area (Å²) in [6.07, 6.45) is 9.17. The Morgan fingerprint density at radius 3 is 2.26 bits per heavy atom. The van der Waals surface area contributed by atoms with Crippen molar-refractivity contribution in [3.63, 3.8) is 0 Å². The lowest BCUT2D eigenvalue weighted by Gasteiger charge is -2.45. The lowest BCUT2D eigenvalue weighted by molar-refractivity contribution is 0.0961. The molecule has 166 valence electrons. The van der Waals surface area contributed by atoms with E-state index in [0.29, 0.717) is 0 Å². The zero-order valence-electron chi connectivity index (χ0n) is 18.2. The number of amides is 2. The van der Waals surface area contributed by atoms with Gasteiger partial charge in [-0.25, -0.2) is 4.79 Å². The Morgan fingerprint density at radius 2 is 1.52 bits per heavy atom. The highest BCUT2D eigenvalue weighted by Gasteiger charge is 2.39. The fourth-order valence-corrected chi connectivity index (χ4v) is 5.76. The lowest BCUT2D eigenvalue weighted by atomic mass is 9.88. The molecule has 2 aromatic carbocycles. The molecule has 3 aliphatic rings. The molecule has 5 rings (SSSR count). The highest BCUT2D eigenvalue weighted by Crippen LogP contribution is 2.40. The van der Waals surface area contributed by atoms with Gasteiger partial charge in [0.05, 0.1) is 6.04 Å². The number of urea groups is 1. The number of rotatable bonds is 4. The molecular formula is C26H34ClN3O. The van der Waals surface area contributed by atoms with E-state index in [9.17, 15) is 4.79 Å². The van der Waals surface area contributed by atoms with Gasteiger partial charge in [0.2, 0.25) is 0 Å². The van der Waals surface area contributed by atoms with Crippen LogP contribution in [0.1, 0.15) is 62.1 Å². The first-order valence-corrected chi connectivity index (χ1v) is 11.7. The summed E-state index contributed by atoms with van der Waals surface area (Å²) in [4.78, 5) is 18.0. The molecule has 2 aromatic rings. The third-order valence-electron chi connectivity index (χ3n) is 7.32. The molecule has 0 spiro atoms. The molecule has 1 saturated carbocycles. The summed E-state index contributed by atoms with van der Waals surface area (Å²) in [6.45, 7) is 3.46. The fourth-order valence-electron chi connectivity index (χ4n) is 5.76. The minimum absolute atomic E-state index is 0. The van der Waals surface area contributed by atoms with Gasteiger partial charge in [0, 0.05) is 36.9 Å². The summed E-state index contributed by atoms with van der Waals surface area (Å²) in [5.41, 5.74) is 3.35. The van der Waals surface area contributed by atoms with Crippen molar-refractivity contribution < 1.29 is 4.79 Å². The van der Waals surface area contributed by atoms with Gasteiger partial charge < -0.3 is 15.1 Å². The molecule has 2 amide bonds. The van der Waals surface area contributed by atoms with Crippen molar-refractivity contribution in [2.45, 2.75) is 57.0 Å². The number of piperidine rings is 1. The van der Waals surface area contributed by atoms with Crippen LogP contribution >= 0.6 is 12.4 Å². The molecular weight excluding hydrogens is 406 g/mol. The third-order valence-corrected chi connectivity index (χ3v) is 7.32. The first-order valence-electron chi connectivity index (χ1n) is 11.7. The summed E-state index contributed by atoms with van der Waals surface area (Å²) >= 11 is 0. The van der Waals surface area contributed by atoms with Crippen LogP contribution in [0.25, 0.3) is 0 Å². The molecule has 2 fully saturated rings. The standard InChI is InChI=1S/C26H33N3O.ClH/c30-26-27-24-14-8-7-13-23(24)25(21-11-5-2-6-12-21)29(26)22-15-17-28(18-16-22)19-20-9-3-1-4-10-20;/h2,5-8,11-14,20,22,25H,1,3-4,9-10,15-19H2,(H,27,30);1H. The molecule has 5 heteroatoms. The van der Waals surface area contributed by atoms with Crippen molar-refractivity contribution in [1.29, 1.82) is 0 Å². The molecule has 2 aliphatic heterocycles. The Morgan fingerprint density at radius 1 is 0.839 bits per heavy atom.